The van der Waals surface area contributed by atoms with Crippen molar-refractivity contribution in [2.45, 2.75) is 37.3 Å². The summed E-state index contributed by atoms with van der Waals surface area (Å²) in [6, 6.07) is 13.2. The molecule has 0 aliphatic carbocycles. The summed E-state index contributed by atoms with van der Waals surface area (Å²) in [5.74, 6) is -1.17. The number of carboxylic acid groups (broad SMARTS) is 1. The zero-order valence-electron chi connectivity index (χ0n) is 16.1. The maximum atomic E-state index is 12.3. The van der Waals surface area contributed by atoms with Crippen LogP contribution in [0.4, 0.5) is 4.79 Å². The zero-order chi connectivity index (χ0) is 21.5. The summed E-state index contributed by atoms with van der Waals surface area (Å²) in [6.07, 6.45) is -0.587. The first kappa shape index (κ1) is 22.3. The molecule has 1 amide bonds. The van der Waals surface area contributed by atoms with Gasteiger partial charge >= 0.3 is 12.1 Å². The number of alkyl carbamates (subject to hydrolysis) is 1. The van der Waals surface area contributed by atoms with E-state index in [1.807, 2.05) is 0 Å². The summed E-state index contributed by atoms with van der Waals surface area (Å²) >= 11 is 0. The summed E-state index contributed by atoms with van der Waals surface area (Å²) in [4.78, 5) is 26.7. The van der Waals surface area contributed by atoms with Crippen molar-refractivity contribution >= 4 is 22.1 Å². The Balaban J connectivity index is 1.98. The number of amides is 1. The SMILES string of the molecule is CC(C)(Cc1cccc(CNS(=O)(=O)c2ccccc2)n1)OC(=O)NCC(=O)O. The van der Waals surface area contributed by atoms with E-state index in [0.29, 0.717) is 11.4 Å². The number of carbonyl (C=O) groups excluding carboxylic acids is 1. The van der Waals surface area contributed by atoms with Gasteiger partial charge in [0.2, 0.25) is 10.0 Å². The van der Waals surface area contributed by atoms with Gasteiger partial charge in [0.25, 0.3) is 0 Å². The van der Waals surface area contributed by atoms with Crippen LogP contribution in [0.3, 0.4) is 0 Å². The maximum Gasteiger partial charge on any atom is 0.408 e. The highest BCUT2D eigenvalue weighted by molar-refractivity contribution is 7.89. The Kier molecular flexibility index (Phi) is 7.29. The number of sulfonamides is 1. The molecule has 10 heteroatoms. The summed E-state index contributed by atoms with van der Waals surface area (Å²) in [5, 5.41) is 10.7. The van der Waals surface area contributed by atoms with Gasteiger partial charge in [-0.05, 0) is 38.1 Å². The lowest BCUT2D eigenvalue weighted by molar-refractivity contribution is -0.136. The second-order valence-electron chi connectivity index (χ2n) is 6.83. The largest absolute Gasteiger partial charge is 0.480 e. The predicted molar refractivity (Wildman–Crippen MR) is 105 cm³/mol. The Morgan fingerprint density at radius 1 is 1.07 bits per heavy atom. The minimum absolute atomic E-state index is 0.00541. The first-order valence-electron chi connectivity index (χ1n) is 8.75. The number of carbonyl (C=O) groups is 2. The average Bonchev–Trinajstić information content (AvgIpc) is 2.65. The molecule has 0 aliphatic heterocycles. The first-order chi connectivity index (χ1) is 13.6. The van der Waals surface area contributed by atoms with Gasteiger partial charge in [-0.15, -0.1) is 0 Å². The number of pyridine rings is 1. The lowest BCUT2D eigenvalue weighted by Gasteiger charge is -2.24. The summed E-state index contributed by atoms with van der Waals surface area (Å²) in [5.41, 5.74) is 0.156. The number of rotatable bonds is 9. The number of aromatic nitrogens is 1. The normalized spacial score (nSPS) is 11.7. The van der Waals surface area contributed by atoms with Crippen LogP contribution in [0.2, 0.25) is 0 Å². The molecule has 3 N–H and O–H groups in total. The Labute approximate surface area is 169 Å². The number of carboxylic acids is 1. The van der Waals surface area contributed by atoms with Crippen molar-refractivity contribution in [1.82, 2.24) is 15.0 Å². The van der Waals surface area contributed by atoms with E-state index in [1.165, 1.54) is 12.1 Å². The fraction of sp³-hybridized carbons (Fsp3) is 0.316. The molecule has 29 heavy (non-hydrogen) atoms. The molecule has 0 unspecified atom stereocenters. The van der Waals surface area contributed by atoms with E-state index in [4.69, 9.17) is 9.84 Å². The monoisotopic (exact) mass is 421 g/mol. The lowest BCUT2D eigenvalue weighted by Crippen LogP contribution is -2.38. The fourth-order valence-corrected chi connectivity index (χ4v) is 3.51. The smallest absolute Gasteiger partial charge is 0.408 e. The topological polar surface area (TPSA) is 135 Å². The van der Waals surface area contributed by atoms with E-state index in [9.17, 15) is 18.0 Å². The van der Waals surface area contributed by atoms with Gasteiger partial charge in [0.1, 0.15) is 12.1 Å². The molecule has 2 aromatic rings. The van der Waals surface area contributed by atoms with Crippen LogP contribution in [-0.2, 0) is 32.5 Å². The Morgan fingerprint density at radius 2 is 1.72 bits per heavy atom. The van der Waals surface area contributed by atoms with Crippen molar-refractivity contribution in [1.29, 1.82) is 0 Å². The molecule has 1 heterocycles. The van der Waals surface area contributed by atoms with Crippen LogP contribution < -0.4 is 10.0 Å². The molecular weight excluding hydrogens is 398 g/mol. The van der Waals surface area contributed by atoms with E-state index in [-0.39, 0.29) is 17.9 Å². The van der Waals surface area contributed by atoms with Gasteiger partial charge in [-0.3, -0.25) is 9.78 Å². The van der Waals surface area contributed by atoms with E-state index in [2.05, 4.69) is 15.0 Å². The van der Waals surface area contributed by atoms with Gasteiger partial charge in [-0.25, -0.2) is 17.9 Å². The van der Waals surface area contributed by atoms with Gasteiger partial charge < -0.3 is 15.2 Å². The van der Waals surface area contributed by atoms with Crippen LogP contribution in [-0.4, -0.2) is 42.7 Å². The number of benzene rings is 1. The van der Waals surface area contributed by atoms with Crippen molar-refractivity contribution in [2.24, 2.45) is 0 Å². The minimum Gasteiger partial charge on any atom is -0.480 e. The number of nitrogens with zero attached hydrogens (tertiary/aromatic N) is 1. The molecule has 0 radical (unpaired) electrons. The second kappa shape index (κ2) is 9.48. The van der Waals surface area contributed by atoms with Gasteiger partial charge in [0, 0.05) is 12.1 Å². The molecule has 0 aliphatic rings. The minimum atomic E-state index is -3.65. The predicted octanol–water partition coefficient (Wildman–Crippen LogP) is 1.69. The molecule has 0 saturated carbocycles. The van der Waals surface area contributed by atoms with Gasteiger partial charge in [-0.2, -0.15) is 0 Å². The number of ether oxygens (including phenoxy) is 1. The number of hydrogen-bond donors (Lipinski definition) is 3. The van der Waals surface area contributed by atoms with Crippen LogP contribution >= 0.6 is 0 Å². The van der Waals surface area contributed by atoms with E-state index in [0.717, 1.165) is 0 Å². The molecule has 0 atom stereocenters. The number of nitrogens with one attached hydrogen (secondary N) is 2. The number of hydrogen-bond acceptors (Lipinski definition) is 6. The van der Waals surface area contributed by atoms with Crippen molar-refractivity contribution < 1.29 is 27.9 Å². The third-order valence-electron chi connectivity index (χ3n) is 3.72. The Hall–Kier alpha value is -2.98. The van der Waals surface area contributed by atoms with Crippen molar-refractivity contribution in [3.8, 4) is 0 Å². The van der Waals surface area contributed by atoms with Crippen molar-refractivity contribution in [2.75, 3.05) is 6.54 Å². The lowest BCUT2D eigenvalue weighted by atomic mass is 10.0. The third-order valence-corrected chi connectivity index (χ3v) is 5.14. The molecule has 0 fully saturated rings. The van der Waals surface area contributed by atoms with E-state index >= 15 is 0 Å². The summed E-state index contributed by atoms with van der Waals surface area (Å²) in [7, 11) is -3.65. The van der Waals surface area contributed by atoms with E-state index < -0.39 is 34.2 Å². The van der Waals surface area contributed by atoms with Crippen LogP contribution in [0.25, 0.3) is 0 Å². The maximum absolute atomic E-state index is 12.3. The molecule has 1 aromatic heterocycles. The molecule has 0 bridgehead atoms. The molecule has 0 saturated heterocycles. The quantitative estimate of drug-likeness (QED) is 0.561. The van der Waals surface area contributed by atoms with E-state index in [1.54, 1.807) is 50.2 Å². The fourth-order valence-electron chi connectivity index (χ4n) is 2.49. The first-order valence-corrected chi connectivity index (χ1v) is 10.2. The summed E-state index contributed by atoms with van der Waals surface area (Å²) < 4.78 is 32.3. The molecule has 0 spiro atoms. The van der Waals surface area contributed by atoms with Crippen molar-refractivity contribution in [3.05, 3.63) is 59.9 Å². The molecule has 9 nitrogen and oxygen atoms in total. The molecule has 156 valence electrons. The van der Waals surface area contributed by atoms with Gasteiger partial charge in [0.15, 0.2) is 0 Å². The zero-order valence-corrected chi connectivity index (χ0v) is 16.9. The van der Waals surface area contributed by atoms with Gasteiger partial charge in [-0.1, -0.05) is 24.3 Å². The van der Waals surface area contributed by atoms with Crippen LogP contribution in [0.5, 0.6) is 0 Å². The number of aliphatic carboxylic acids is 1. The highest BCUT2D eigenvalue weighted by Gasteiger charge is 2.24. The van der Waals surface area contributed by atoms with Crippen LogP contribution in [0.15, 0.2) is 53.4 Å². The molecule has 1 aromatic carbocycles. The Morgan fingerprint density at radius 3 is 2.38 bits per heavy atom. The van der Waals surface area contributed by atoms with Crippen LogP contribution in [0, 0.1) is 0 Å². The Bertz CT molecular complexity index is 961. The standard InChI is InChI=1S/C19H23N3O6S/c1-19(2,28-18(25)20-13-17(23)24)11-14-7-6-8-15(22-14)12-21-29(26,27)16-9-4-3-5-10-16/h3-10,21H,11-13H2,1-2H3,(H,20,25)(H,23,24). The average molecular weight is 421 g/mol. The third kappa shape index (κ3) is 7.51. The highest BCUT2D eigenvalue weighted by Crippen LogP contribution is 2.17. The van der Waals surface area contributed by atoms with Crippen LogP contribution in [0.1, 0.15) is 25.2 Å². The second-order valence-corrected chi connectivity index (χ2v) is 8.60. The van der Waals surface area contributed by atoms with Gasteiger partial charge in [0.05, 0.1) is 17.1 Å². The summed E-state index contributed by atoms with van der Waals surface area (Å²) in [6.45, 7) is 2.80. The highest BCUT2D eigenvalue weighted by atomic mass is 32.2. The van der Waals surface area contributed by atoms with Crippen molar-refractivity contribution in [3.63, 3.8) is 0 Å². The molecule has 2 rings (SSSR count). The molecular formula is C19H23N3O6S.